The number of carbonyl (C=O) groups is 6. The van der Waals surface area contributed by atoms with E-state index in [1.54, 1.807) is 0 Å². The smallest absolute Gasteiger partial charge is 0.313 e. The van der Waals surface area contributed by atoms with E-state index in [1.165, 1.54) is 68.0 Å². The molecule has 4 amide bonds. The number of nitrogens with zero attached hydrogens (tertiary/aromatic N) is 3. The van der Waals surface area contributed by atoms with Crippen molar-refractivity contribution in [3.8, 4) is 0 Å². The lowest BCUT2D eigenvalue weighted by Gasteiger charge is -2.42. The van der Waals surface area contributed by atoms with Crippen LogP contribution in [0.25, 0.3) is 0 Å². The number of halogens is 5. The van der Waals surface area contributed by atoms with Crippen LogP contribution in [0.15, 0.2) is 36.9 Å². The number of nitrogens with two attached hydrogens (primary N) is 2. The highest BCUT2D eigenvalue weighted by atomic mass is 19.3. The van der Waals surface area contributed by atoms with Gasteiger partial charge in [-0.15, -0.1) is 0 Å². The maximum atomic E-state index is 13.5. The first-order valence-electron chi connectivity index (χ1n) is 20.6. The van der Waals surface area contributed by atoms with Gasteiger partial charge in [0.05, 0.1) is 31.5 Å². The second-order valence-electron chi connectivity index (χ2n) is 15.4. The number of likely N-dealkylation sites (tertiary alicyclic amines) is 1. The predicted octanol–water partition coefficient (Wildman–Crippen LogP) is 5.75. The van der Waals surface area contributed by atoms with Gasteiger partial charge in [-0.1, -0.05) is 6.42 Å². The molecule has 2 saturated carbocycles. The van der Waals surface area contributed by atoms with Gasteiger partial charge in [0.2, 0.25) is 29.4 Å². The van der Waals surface area contributed by atoms with Gasteiger partial charge in [0, 0.05) is 76.2 Å². The molecule has 2 aliphatic heterocycles. The molecular weight excluding hydrogens is 781 g/mol. The predicted molar refractivity (Wildman–Crippen MR) is 209 cm³/mol. The van der Waals surface area contributed by atoms with Gasteiger partial charge < -0.3 is 27.0 Å². The van der Waals surface area contributed by atoms with E-state index >= 15 is 0 Å². The van der Waals surface area contributed by atoms with Gasteiger partial charge in [-0.25, -0.2) is 17.6 Å². The summed E-state index contributed by atoms with van der Waals surface area (Å²) in [5.41, 5.74) is 11.3. The topological polar surface area (TPSA) is 208 Å². The second-order valence-corrected chi connectivity index (χ2v) is 15.4. The standard InChI is InChI=1S/C19H24F2N4O3.C11H19F2N.C10H10N2O3.CH3F/c20-19(21)6-4-12(5-7-19)15-3-1-2-8-25(15)18(28)17(27)24-14-9-13(16(22)26)10-23-11-14;12-11(13)6-4-9(5-7-11)10-3-1-2-8-14-10;1-6(13)9(14)3-7-2-8(10(11)15)5-12-4-7;1-2/h9-12,15H,1-8H2,(H2,22,26)(H,24,27);9-10,14H,1-8H2;2,4-5H,3H2,1H3,(H2,11,15);1H3/i;;;1D. The molecule has 4 fully saturated rings. The molecule has 59 heavy (non-hydrogen) atoms. The Hall–Kier alpha value is -4.87. The molecule has 6 rings (SSSR count). The average molecular weight is 839 g/mol. The third-order valence-corrected chi connectivity index (χ3v) is 11.1. The molecule has 4 heterocycles. The number of amides is 4. The van der Waals surface area contributed by atoms with Crippen molar-refractivity contribution < 1.29 is 52.1 Å². The first kappa shape index (κ1) is 46.8. The molecule has 0 spiro atoms. The number of anilines is 1. The molecule has 326 valence electrons. The monoisotopic (exact) mass is 838 g/mol. The Bertz CT molecular complexity index is 1760. The van der Waals surface area contributed by atoms with Crippen LogP contribution in [0, 0.1) is 11.8 Å². The number of Topliss-reactive ketones (excluding diaryl/α,β-unsaturated/α-hetero) is 2. The molecule has 2 aromatic heterocycles. The number of ketones is 2. The van der Waals surface area contributed by atoms with E-state index in [0.717, 1.165) is 19.4 Å². The van der Waals surface area contributed by atoms with Crippen molar-refractivity contribution in [2.45, 2.75) is 127 Å². The van der Waals surface area contributed by atoms with Crippen molar-refractivity contribution >= 4 is 40.9 Å². The van der Waals surface area contributed by atoms with Crippen LogP contribution in [0.1, 0.15) is 124 Å². The molecule has 0 radical (unpaired) electrons. The van der Waals surface area contributed by atoms with E-state index < -0.39 is 54.2 Å². The van der Waals surface area contributed by atoms with Gasteiger partial charge in [-0.3, -0.25) is 43.1 Å². The van der Waals surface area contributed by atoms with Gasteiger partial charge in [0.1, 0.15) is 0 Å². The number of nitrogens with one attached hydrogen (secondary N) is 2. The van der Waals surface area contributed by atoms with Gasteiger partial charge >= 0.3 is 11.8 Å². The second kappa shape index (κ2) is 23.1. The number of piperidine rings is 2. The van der Waals surface area contributed by atoms with Crippen LogP contribution >= 0.6 is 0 Å². The van der Waals surface area contributed by atoms with E-state index in [1.807, 2.05) is 0 Å². The van der Waals surface area contributed by atoms with E-state index in [9.17, 15) is 50.7 Å². The van der Waals surface area contributed by atoms with Crippen molar-refractivity contribution in [3.63, 3.8) is 0 Å². The summed E-state index contributed by atoms with van der Waals surface area (Å²) in [6.45, 7) is 2.72. The molecule has 0 aromatic carbocycles. The fraction of sp³-hybridized carbons (Fsp3) is 0.610. The molecule has 2 aliphatic carbocycles. The van der Waals surface area contributed by atoms with Crippen molar-refractivity contribution in [2.75, 3.05) is 25.6 Å². The summed E-state index contributed by atoms with van der Waals surface area (Å²) in [5.74, 6) is -8.37. The third kappa shape index (κ3) is 15.7. The number of hydrogen-bond acceptors (Lipinski definition) is 9. The molecule has 0 bridgehead atoms. The maximum absolute atomic E-state index is 13.5. The fourth-order valence-electron chi connectivity index (χ4n) is 7.88. The Morgan fingerprint density at radius 1 is 0.797 bits per heavy atom. The number of carbonyl (C=O) groups excluding carboxylic acids is 6. The Balaban J connectivity index is 0.000000253. The highest BCUT2D eigenvalue weighted by molar-refractivity contribution is 6.39. The SMILES string of the molecule is CC(=O)C(=O)Cc1cncc(C(N)=O)c1.FC1(F)CCC(C2CCCCN2)CC1.NC(=O)c1cncc(NC(=O)C(=O)N2CCCCC2C2CCC(F)(F)CC2)c1.[2H]CF. The Kier molecular flexibility index (Phi) is 18.3. The quantitative estimate of drug-likeness (QED) is 0.188. The summed E-state index contributed by atoms with van der Waals surface area (Å²) in [7, 11) is -1.00. The third-order valence-electron chi connectivity index (χ3n) is 11.1. The van der Waals surface area contributed by atoms with Crippen LogP contribution < -0.4 is 22.1 Å². The molecule has 2 unspecified atom stereocenters. The number of pyridine rings is 2. The van der Waals surface area contributed by atoms with Crippen LogP contribution in [0.2, 0.25) is 0 Å². The number of rotatable bonds is 8. The van der Waals surface area contributed by atoms with E-state index in [0.29, 0.717) is 56.2 Å². The zero-order valence-electron chi connectivity index (χ0n) is 34.3. The van der Waals surface area contributed by atoms with E-state index in [4.69, 9.17) is 12.8 Å². The highest BCUT2D eigenvalue weighted by Crippen LogP contribution is 2.41. The van der Waals surface area contributed by atoms with Crippen LogP contribution in [0.3, 0.4) is 0 Å². The lowest BCUT2D eigenvalue weighted by molar-refractivity contribution is -0.147. The largest absolute Gasteiger partial charge is 0.366 e. The van der Waals surface area contributed by atoms with Crippen LogP contribution in [0.5, 0.6) is 0 Å². The summed E-state index contributed by atoms with van der Waals surface area (Å²) >= 11 is 0. The van der Waals surface area contributed by atoms with Crippen LogP contribution in [0.4, 0.5) is 27.6 Å². The molecule has 4 aliphatic rings. The number of alkyl halides is 5. The summed E-state index contributed by atoms with van der Waals surface area (Å²) in [6, 6.07) is 3.13. The normalized spacial score (nSPS) is 21.6. The molecule has 13 nitrogen and oxygen atoms in total. The maximum Gasteiger partial charge on any atom is 0.313 e. The zero-order valence-corrected chi connectivity index (χ0v) is 33.3. The van der Waals surface area contributed by atoms with Crippen molar-refractivity contribution in [1.29, 1.82) is 0 Å². The zero-order chi connectivity index (χ0) is 44.5. The van der Waals surface area contributed by atoms with Crippen molar-refractivity contribution in [3.05, 3.63) is 53.6 Å². The Morgan fingerprint density at radius 3 is 1.88 bits per heavy atom. The summed E-state index contributed by atoms with van der Waals surface area (Å²) in [5, 5.41) is 5.92. The molecular formula is C41H56F5N7O6. The molecule has 2 aromatic rings. The first-order valence-corrected chi connectivity index (χ1v) is 19.8. The minimum atomic E-state index is -2.63. The summed E-state index contributed by atoms with van der Waals surface area (Å²) < 4.78 is 68.3. The summed E-state index contributed by atoms with van der Waals surface area (Å²) in [4.78, 5) is 78.1. The number of aromatic nitrogens is 2. The van der Waals surface area contributed by atoms with Crippen molar-refractivity contribution in [2.24, 2.45) is 23.3 Å². The molecule has 2 atom stereocenters. The minimum absolute atomic E-state index is 0.0171. The molecule has 2 saturated heterocycles. The van der Waals surface area contributed by atoms with Gasteiger partial charge in [0.15, 0.2) is 5.78 Å². The van der Waals surface area contributed by atoms with Gasteiger partial charge in [0.25, 0.3) is 0 Å². The van der Waals surface area contributed by atoms with E-state index in [2.05, 4.69) is 20.6 Å². The lowest BCUT2D eigenvalue weighted by Crippen LogP contribution is -2.52. The summed E-state index contributed by atoms with van der Waals surface area (Å²) in [6.07, 6.45) is 13.4. The van der Waals surface area contributed by atoms with Crippen LogP contribution in [-0.2, 0) is 25.6 Å². The van der Waals surface area contributed by atoms with Gasteiger partial charge in [-0.2, -0.15) is 0 Å². The molecule has 6 N–H and O–H groups in total. The average Bonchev–Trinajstić information content (AvgIpc) is 3.22. The van der Waals surface area contributed by atoms with Crippen LogP contribution in [-0.4, -0.2) is 94.2 Å². The van der Waals surface area contributed by atoms with Crippen molar-refractivity contribution in [1.82, 2.24) is 20.2 Å². The first-order chi connectivity index (χ1) is 28.4. The number of hydrogen-bond donors (Lipinski definition) is 4. The van der Waals surface area contributed by atoms with E-state index in [-0.39, 0.29) is 60.9 Å². The number of primary amides is 2. The molecule has 18 heteroatoms. The van der Waals surface area contributed by atoms with Gasteiger partial charge in [-0.05, 0) is 93.9 Å². The Morgan fingerprint density at radius 2 is 1.34 bits per heavy atom. The minimum Gasteiger partial charge on any atom is -0.366 e. The lowest BCUT2D eigenvalue weighted by atomic mass is 9.78. The fourth-order valence-corrected chi connectivity index (χ4v) is 7.88. The Labute approximate surface area is 342 Å². The highest BCUT2D eigenvalue weighted by Gasteiger charge is 2.42.